The third-order valence-electron chi connectivity index (χ3n) is 6.15. The number of rotatable bonds is 3. The number of carbonyl (C=O) groups is 1. The monoisotopic (exact) mass is 405 g/mol. The molecule has 0 aliphatic carbocycles. The average molecular weight is 406 g/mol. The maximum atomic E-state index is 13.1. The molecule has 1 aromatic carbocycles. The molecule has 3 aromatic rings. The number of fused-ring (bicyclic) bond motifs is 2. The van der Waals surface area contributed by atoms with E-state index in [0.29, 0.717) is 18.7 Å². The van der Waals surface area contributed by atoms with Crippen LogP contribution in [-0.4, -0.2) is 35.5 Å². The van der Waals surface area contributed by atoms with Gasteiger partial charge in [-0.25, -0.2) is 0 Å². The van der Waals surface area contributed by atoms with E-state index in [0.717, 1.165) is 47.7 Å². The Morgan fingerprint density at radius 1 is 1.21 bits per heavy atom. The van der Waals surface area contributed by atoms with Crippen LogP contribution in [0.5, 0.6) is 5.75 Å². The lowest BCUT2D eigenvalue weighted by molar-refractivity contribution is 0.0646. The molecule has 0 radical (unpaired) electrons. The summed E-state index contributed by atoms with van der Waals surface area (Å²) in [5.41, 5.74) is 9.86. The van der Waals surface area contributed by atoms with Crippen molar-refractivity contribution < 1.29 is 9.53 Å². The number of nitrogens with zero attached hydrogens (tertiary/aromatic N) is 2. The highest BCUT2D eigenvalue weighted by Crippen LogP contribution is 2.46. The van der Waals surface area contributed by atoms with E-state index >= 15 is 0 Å². The second kappa shape index (κ2) is 7.28. The predicted octanol–water partition coefficient (Wildman–Crippen LogP) is 3.84. The average Bonchev–Trinajstić information content (AvgIpc) is 3.43. The van der Waals surface area contributed by atoms with Crippen LogP contribution in [0.3, 0.4) is 0 Å². The summed E-state index contributed by atoms with van der Waals surface area (Å²) in [5.74, 6) is 1.02. The Balaban J connectivity index is 1.33. The minimum atomic E-state index is -0.00560. The number of pyridine rings is 1. The number of hydrogen-bond acceptors (Lipinski definition) is 5. The second-order valence-corrected chi connectivity index (χ2v) is 8.78. The van der Waals surface area contributed by atoms with Crippen LogP contribution < -0.4 is 10.5 Å². The lowest BCUT2D eigenvalue weighted by Crippen LogP contribution is -2.46. The number of amides is 1. The van der Waals surface area contributed by atoms with Crippen molar-refractivity contribution in [3.63, 3.8) is 0 Å². The first kappa shape index (κ1) is 18.3. The van der Waals surface area contributed by atoms with Crippen molar-refractivity contribution in [1.29, 1.82) is 0 Å². The standard InChI is InChI=1S/C23H23N3O2S/c24-12-16-3-4-20-19(10-16)23(15-28-20)5-7-26(8-6-23)22(27)18-11-17(13-25-14-18)21-2-1-9-29-21/h1-4,9-11,13-14H,5-8,12,15,24H2. The highest BCUT2D eigenvalue weighted by Gasteiger charge is 2.44. The minimum Gasteiger partial charge on any atom is -0.492 e. The number of nitrogens with two attached hydrogens (primary N) is 1. The molecule has 1 spiro atoms. The number of piperidine rings is 1. The van der Waals surface area contributed by atoms with Gasteiger partial charge in [0.2, 0.25) is 0 Å². The highest BCUT2D eigenvalue weighted by atomic mass is 32.1. The van der Waals surface area contributed by atoms with Gasteiger partial charge in [-0.2, -0.15) is 0 Å². The van der Waals surface area contributed by atoms with Crippen molar-refractivity contribution in [3.05, 3.63) is 70.9 Å². The van der Waals surface area contributed by atoms with Gasteiger partial charge in [-0.05, 0) is 42.0 Å². The van der Waals surface area contributed by atoms with Gasteiger partial charge >= 0.3 is 0 Å². The van der Waals surface area contributed by atoms with E-state index in [2.05, 4.69) is 11.1 Å². The largest absolute Gasteiger partial charge is 0.492 e. The van der Waals surface area contributed by atoms with Crippen molar-refractivity contribution in [2.45, 2.75) is 24.8 Å². The summed E-state index contributed by atoms with van der Waals surface area (Å²) in [7, 11) is 0. The van der Waals surface area contributed by atoms with E-state index in [4.69, 9.17) is 10.5 Å². The first-order valence-electron chi connectivity index (χ1n) is 9.93. The van der Waals surface area contributed by atoms with Gasteiger partial charge in [0.25, 0.3) is 5.91 Å². The van der Waals surface area contributed by atoms with E-state index in [1.807, 2.05) is 46.8 Å². The number of ether oxygens (including phenoxy) is 1. The zero-order valence-corrected chi connectivity index (χ0v) is 17.0. The lowest BCUT2D eigenvalue weighted by Gasteiger charge is -2.38. The minimum absolute atomic E-state index is 0.00560. The third-order valence-corrected chi connectivity index (χ3v) is 7.07. The number of aromatic nitrogens is 1. The summed E-state index contributed by atoms with van der Waals surface area (Å²) in [4.78, 5) is 20.5. The first-order chi connectivity index (χ1) is 14.2. The first-order valence-corrected chi connectivity index (χ1v) is 10.8. The normalized spacial score (nSPS) is 17.2. The number of benzene rings is 1. The topological polar surface area (TPSA) is 68.5 Å². The Hall–Kier alpha value is -2.70. The molecule has 0 atom stereocenters. The van der Waals surface area contributed by atoms with Gasteiger partial charge in [-0.3, -0.25) is 9.78 Å². The second-order valence-electron chi connectivity index (χ2n) is 7.84. The van der Waals surface area contributed by atoms with E-state index < -0.39 is 0 Å². The van der Waals surface area contributed by atoms with Crippen molar-refractivity contribution in [1.82, 2.24) is 9.88 Å². The number of thiophene rings is 1. The van der Waals surface area contributed by atoms with Crippen LogP contribution in [0.2, 0.25) is 0 Å². The summed E-state index contributed by atoms with van der Waals surface area (Å²) in [6, 6.07) is 12.3. The van der Waals surface area contributed by atoms with Gasteiger partial charge in [0, 0.05) is 53.4 Å². The molecule has 1 saturated heterocycles. The Bertz CT molecular complexity index is 1040. The number of carbonyl (C=O) groups excluding carboxylic acids is 1. The highest BCUT2D eigenvalue weighted by molar-refractivity contribution is 7.13. The molecule has 1 fully saturated rings. The van der Waals surface area contributed by atoms with E-state index in [1.54, 1.807) is 17.5 Å². The van der Waals surface area contributed by atoms with Crippen molar-refractivity contribution in [2.75, 3.05) is 19.7 Å². The summed E-state index contributed by atoms with van der Waals surface area (Å²) >= 11 is 1.65. The quantitative estimate of drug-likeness (QED) is 0.719. The van der Waals surface area contributed by atoms with E-state index in [-0.39, 0.29) is 11.3 Å². The molecule has 1 amide bonds. The van der Waals surface area contributed by atoms with Gasteiger partial charge in [-0.15, -0.1) is 11.3 Å². The smallest absolute Gasteiger partial charge is 0.255 e. The van der Waals surface area contributed by atoms with Crippen LogP contribution in [0, 0.1) is 0 Å². The summed E-state index contributed by atoms with van der Waals surface area (Å²) in [6.07, 6.45) is 5.29. The zero-order valence-electron chi connectivity index (χ0n) is 16.1. The Kier molecular flexibility index (Phi) is 4.60. The Morgan fingerprint density at radius 3 is 2.83 bits per heavy atom. The molecule has 2 aromatic heterocycles. The maximum Gasteiger partial charge on any atom is 0.255 e. The summed E-state index contributed by atoms with van der Waals surface area (Å²) < 4.78 is 5.98. The molecule has 5 rings (SSSR count). The molecular formula is C23H23N3O2S. The van der Waals surface area contributed by atoms with Crippen LogP contribution in [0.15, 0.2) is 54.2 Å². The number of likely N-dealkylation sites (tertiary alicyclic amines) is 1. The summed E-state index contributed by atoms with van der Waals surface area (Å²) in [6.45, 7) is 2.66. The number of hydrogen-bond donors (Lipinski definition) is 1. The van der Waals surface area contributed by atoms with Crippen LogP contribution in [0.4, 0.5) is 0 Å². The molecule has 2 aliphatic heterocycles. The van der Waals surface area contributed by atoms with Crippen LogP contribution >= 0.6 is 11.3 Å². The molecule has 5 nitrogen and oxygen atoms in total. The fourth-order valence-electron chi connectivity index (χ4n) is 4.41. The molecule has 6 heteroatoms. The van der Waals surface area contributed by atoms with E-state index in [9.17, 15) is 4.79 Å². The third kappa shape index (κ3) is 3.22. The van der Waals surface area contributed by atoms with Gasteiger partial charge in [-0.1, -0.05) is 18.2 Å². The SMILES string of the molecule is NCc1ccc2c(c1)C1(CCN(C(=O)c3cncc(-c4cccs4)c3)CC1)CO2. The molecular weight excluding hydrogens is 382 g/mol. The van der Waals surface area contributed by atoms with Gasteiger partial charge in [0.15, 0.2) is 0 Å². The van der Waals surface area contributed by atoms with Crippen molar-refractivity contribution >= 4 is 17.2 Å². The van der Waals surface area contributed by atoms with Gasteiger partial charge < -0.3 is 15.4 Å². The summed E-state index contributed by atoms with van der Waals surface area (Å²) in [5, 5.41) is 2.03. The van der Waals surface area contributed by atoms with Crippen LogP contribution in [-0.2, 0) is 12.0 Å². The Morgan fingerprint density at radius 2 is 2.07 bits per heavy atom. The van der Waals surface area contributed by atoms with Gasteiger partial charge in [0.1, 0.15) is 5.75 Å². The van der Waals surface area contributed by atoms with Gasteiger partial charge in [0.05, 0.1) is 12.2 Å². The molecule has 0 bridgehead atoms. The maximum absolute atomic E-state index is 13.1. The van der Waals surface area contributed by atoms with Crippen LogP contribution in [0.1, 0.15) is 34.3 Å². The zero-order chi connectivity index (χ0) is 19.8. The predicted molar refractivity (Wildman–Crippen MR) is 114 cm³/mol. The molecule has 148 valence electrons. The molecule has 0 saturated carbocycles. The molecule has 29 heavy (non-hydrogen) atoms. The lowest BCUT2D eigenvalue weighted by atomic mass is 9.74. The molecule has 0 unspecified atom stereocenters. The molecule has 2 N–H and O–H groups in total. The Labute approximate surface area is 174 Å². The fourth-order valence-corrected chi connectivity index (χ4v) is 5.12. The molecule has 4 heterocycles. The fraction of sp³-hybridized carbons (Fsp3) is 0.304. The van der Waals surface area contributed by atoms with Crippen molar-refractivity contribution in [3.8, 4) is 16.2 Å². The molecule has 2 aliphatic rings. The van der Waals surface area contributed by atoms with Crippen LogP contribution in [0.25, 0.3) is 10.4 Å². The van der Waals surface area contributed by atoms with E-state index in [1.165, 1.54) is 5.56 Å². The van der Waals surface area contributed by atoms with Crippen molar-refractivity contribution in [2.24, 2.45) is 5.73 Å².